The molecule has 0 saturated carbocycles. The Morgan fingerprint density at radius 1 is 1.14 bits per heavy atom. The van der Waals surface area contributed by atoms with Gasteiger partial charge in [0.25, 0.3) is 0 Å². The van der Waals surface area contributed by atoms with Gasteiger partial charge in [0, 0.05) is 12.6 Å². The van der Waals surface area contributed by atoms with Gasteiger partial charge in [-0.05, 0) is 18.7 Å². The van der Waals surface area contributed by atoms with Crippen molar-refractivity contribution in [1.29, 1.82) is 0 Å². The quantitative estimate of drug-likeness (QED) is 0.793. The maximum absolute atomic E-state index is 5.89. The molecule has 0 aliphatic rings. The molecular formula is C16H21ClN4. The molecule has 1 aromatic heterocycles. The second-order valence-corrected chi connectivity index (χ2v) is 5.14. The van der Waals surface area contributed by atoms with E-state index < -0.39 is 0 Å². The van der Waals surface area contributed by atoms with Crippen molar-refractivity contribution in [3.8, 4) is 0 Å². The number of halogens is 1. The Bertz CT molecular complexity index is 543. The van der Waals surface area contributed by atoms with Gasteiger partial charge in [0.2, 0.25) is 0 Å². The molecule has 112 valence electrons. The van der Waals surface area contributed by atoms with E-state index in [0.29, 0.717) is 11.2 Å². The van der Waals surface area contributed by atoms with Crippen LogP contribution < -0.4 is 5.32 Å². The zero-order chi connectivity index (χ0) is 15.1. The lowest BCUT2D eigenvalue weighted by Crippen LogP contribution is -2.33. The fourth-order valence-corrected chi connectivity index (χ4v) is 2.58. The molecule has 0 spiro atoms. The van der Waals surface area contributed by atoms with Crippen molar-refractivity contribution in [1.82, 2.24) is 14.9 Å². The number of aromatic nitrogens is 2. The van der Waals surface area contributed by atoms with Crippen molar-refractivity contribution < 1.29 is 0 Å². The molecule has 1 unspecified atom stereocenters. The first-order chi connectivity index (χ1) is 10.2. The number of anilines is 1. The molecule has 1 heterocycles. The van der Waals surface area contributed by atoms with E-state index >= 15 is 0 Å². The van der Waals surface area contributed by atoms with Crippen LogP contribution in [0.2, 0.25) is 5.15 Å². The highest BCUT2D eigenvalue weighted by atomic mass is 35.5. The molecule has 0 aliphatic heterocycles. The lowest BCUT2D eigenvalue weighted by atomic mass is 10.1. The Morgan fingerprint density at radius 2 is 1.86 bits per heavy atom. The summed E-state index contributed by atoms with van der Waals surface area (Å²) in [6.07, 6.45) is 1.47. The van der Waals surface area contributed by atoms with Crippen LogP contribution in [0.25, 0.3) is 0 Å². The van der Waals surface area contributed by atoms with E-state index in [1.54, 1.807) is 6.07 Å². The Labute approximate surface area is 131 Å². The van der Waals surface area contributed by atoms with E-state index in [-0.39, 0.29) is 0 Å². The zero-order valence-electron chi connectivity index (χ0n) is 12.5. The number of rotatable bonds is 7. The van der Waals surface area contributed by atoms with Gasteiger partial charge in [0.1, 0.15) is 17.3 Å². The summed E-state index contributed by atoms with van der Waals surface area (Å²) >= 11 is 5.89. The summed E-state index contributed by atoms with van der Waals surface area (Å²) in [4.78, 5) is 10.5. The summed E-state index contributed by atoms with van der Waals surface area (Å²) in [5.41, 5.74) is 1.30. The fourth-order valence-electron chi connectivity index (χ4n) is 2.43. The normalized spacial score (nSPS) is 12.4. The van der Waals surface area contributed by atoms with Crippen molar-refractivity contribution in [2.75, 3.05) is 25.0 Å². The molecule has 0 fully saturated rings. The molecule has 0 bridgehead atoms. The monoisotopic (exact) mass is 304 g/mol. The largest absolute Gasteiger partial charge is 0.368 e. The van der Waals surface area contributed by atoms with E-state index in [4.69, 9.17) is 11.6 Å². The van der Waals surface area contributed by atoms with Crippen molar-refractivity contribution in [2.45, 2.75) is 19.9 Å². The molecule has 0 amide bonds. The summed E-state index contributed by atoms with van der Waals surface area (Å²) in [7, 11) is 0. The van der Waals surface area contributed by atoms with Crippen molar-refractivity contribution in [3.63, 3.8) is 0 Å². The Morgan fingerprint density at radius 3 is 2.48 bits per heavy atom. The second kappa shape index (κ2) is 7.96. The second-order valence-electron chi connectivity index (χ2n) is 4.75. The van der Waals surface area contributed by atoms with Crippen molar-refractivity contribution in [3.05, 3.63) is 53.4 Å². The van der Waals surface area contributed by atoms with Crippen LogP contribution >= 0.6 is 11.6 Å². The minimum Gasteiger partial charge on any atom is -0.368 e. The maximum Gasteiger partial charge on any atom is 0.134 e. The van der Waals surface area contributed by atoms with Crippen LogP contribution in [0.3, 0.4) is 0 Å². The average Bonchev–Trinajstić information content (AvgIpc) is 2.52. The van der Waals surface area contributed by atoms with Crippen LogP contribution in [0.15, 0.2) is 42.7 Å². The number of benzene rings is 1. The lowest BCUT2D eigenvalue weighted by molar-refractivity contribution is 0.228. The third-order valence-corrected chi connectivity index (χ3v) is 3.75. The molecule has 1 N–H and O–H groups in total. The molecule has 0 saturated heterocycles. The van der Waals surface area contributed by atoms with Crippen LogP contribution in [-0.4, -0.2) is 34.5 Å². The van der Waals surface area contributed by atoms with E-state index in [9.17, 15) is 0 Å². The third-order valence-electron chi connectivity index (χ3n) is 3.55. The molecule has 2 aromatic rings. The van der Waals surface area contributed by atoms with E-state index in [1.165, 1.54) is 11.9 Å². The minimum absolute atomic E-state index is 0.301. The van der Waals surface area contributed by atoms with Crippen LogP contribution in [0.4, 0.5) is 5.82 Å². The average molecular weight is 305 g/mol. The fraction of sp³-hybridized carbons (Fsp3) is 0.375. The molecule has 2 rings (SSSR count). The van der Waals surface area contributed by atoms with Gasteiger partial charge in [0.05, 0.1) is 6.04 Å². The smallest absolute Gasteiger partial charge is 0.134 e. The minimum atomic E-state index is 0.301. The van der Waals surface area contributed by atoms with E-state index in [2.05, 4.69) is 58.3 Å². The van der Waals surface area contributed by atoms with Gasteiger partial charge in [-0.3, -0.25) is 4.90 Å². The van der Waals surface area contributed by atoms with Crippen LogP contribution in [0, 0.1) is 0 Å². The maximum atomic E-state index is 5.89. The van der Waals surface area contributed by atoms with Gasteiger partial charge >= 0.3 is 0 Å². The Kier molecular flexibility index (Phi) is 5.96. The van der Waals surface area contributed by atoms with E-state index in [1.807, 2.05) is 6.07 Å². The molecule has 0 aliphatic carbocycles. The summed E-state index contributed by atoms with van der Waals surface area (Å²) < 4.78 is 0. The summed E-state index contributed by atoms with van der Waals surface area (Å²) in [6, 6.07) is 12.6. The zero-order valence-corrected chi connectivity index (χ0v) is 13.2. The van der Waals surface area contributed by atoms with Gasteiger partial charge < -0.3 is 5.32 Å². The third kappa shape index (κ3) is 4.41. The van der Waals surface area contributed by atoms with Crippen LogP contribution in [0.1, 0.15) is 25.5 Å². The van der Waals surface area contributed by atoms with Crippen LogP contribution in [0.5, 0.6) is 0 Å². The van der Waals surface area contributed by atoms with Crippen LogP contribution in [-0.2, 0) is 0 Å². The Balaban J connectivity index is 2.13. The summed E-state index contributed by atoms with van der Waals surface area (Å²) in [5.74, 6) is 0.753. The molecular weight excluding hydrogens is 284 g/mol. The SMILES string of the molecule is CCN(CC)C(CNc1cc(Cl)ncn1)c1ccccc1. The molecule has 4 nitrogen and oxygen atoms in total. The first-order valence-electron chi connectivity index (χ1n) is 7.25. The number of likely N-dealkylation sites (N-methyl/N-ethyl adjacent to an activating group) is 1. The molecule has 1 atom stereocenters. The number of hydrogen-bond acceptors (Lipinski definition) is 4. The highest BCUT2D eigenvalue weighted by molar-refractivity contribution is 6.29. The molecule has 21 heavy (non-hydrogen) atoms. The predicted octanol–water partition coefficient (Wildman–Crippen LogP) is 3.63. The number of nitrogens with one attached hydrogen (secondary N) is 1. The highest BCUT2D eigenvalue weighted by Crippen LogP contribution is 2.21. The standard InChI is InChI=1S/C16H21ClN4/c1-3-21(4-2)14(13-8-6-5-7-9-13)11-18-16-10-15(17)19-12-20-16/h5-10,12,14H,3-4,11H2,1-2H3,(H,18,19,20). The molecule has 5 heteroatoms. The Hall–Kier alpha value is -1.65. The van der Waals surface area contributed by atoms with Gasteiger partial charge in [-0.2, -0.15) is 0 Å². The van der Waals surface area contributed by atoms with Gasteiger partial charge in [-0.25, -0.2) is 9.97 Å². The summed E-state index contributed by atoms with van der Waals surface area (Å²) in [5, 5.41) is 3.81. The highest BCUT2D eigenvalue weighted by Gasteiger charge is 2.17. The van der Waals surface area contributed by atoms with Gasteiger partial charge in [-0.1, -0.05) is 55.8 Å². The van der Waals surface area contributed by atoms with Crippen molar-refractivity contribution >= 4 is 17.4 Å². The molecule has 0 radical (unpaired) electrons. The van der Waals surface area contributed by atoms with Crippen molar-refractivity contribution in [2.24, 2.45) is 0 Å². The van der Waals surface area contributed by atoms with Gasteiger partial charge in [-0.15, -0.1) is 0 Å². The predicted molar refractivity (Wildman–Crippen MR) is 87.6 cm³/mol. The molecule has 1 aromatic carbocycles. The van der Waals surface area contributed by atoms with E-state index in [0.717, 1.165) is 25.5 Å². The lowest BCUT2D eigenvalue weighted by Gasteiger charge is -2.30. The topological polar surface area (TPSA) is 41.0 Å². The summed E-state index contributed by atoms with van der Waals surface area (Å²) in [6.45, 7) is 7.14. The number of hydrogen-bond donors (Lipinski definition) is 1. The number of nitrogens with zero attached hydrogens (tertiary/aromatic N) is 3. The first-order valence-corrected chi connectivity index (χ1v) is 7.62. The first kappa shape index (κ1) is 15.7. The van der Waals surface area contributed by atoms with Gasteiger partial charge in [0.15, 0.2) is 0 Å².